The summed E-state index contributed by atoms with van der Waals surface area (Å²) in [5.41, 5.74) is 2.13. The molecule has 0 fully saturated rings. The summed E-state index contributed by atoms with van der Waals surface area (Å²) in [6.45, 7) is 0.0514. The van der Waals surface area contributed by atoms with Crippen LogP contribution in [0.2, 0.25) is 0 Å². The molecular weight excluding hydrogens is 808 g/mol. The topological polar surface area (TPSA) is 163 Å². The number of hydrogen-bond acceptors (Lipinski definition) is 16. The van der Waals surface area contributed by atoms with Crippen LogP contribution in [0.3, 0.4) is 0 Å². The van der Waals surface area contributed by atoms with E-state index in [1.807, 2.05) is 24.3 Å². The third-order valence-electron chi connectivity index (χ3n) is 10.3. The number of rotatable bonds is 25. The molecule has 4 aromatic carbocycles. The zero-order chi connectivity index (χ0) is 45.3. The van der Waals surface area contributed by atoms with Crippen molar-refractivity contribution in [1.82, 2.24) is 0 Å². The van der Waals surface area contributed by atoms with Crippen LogP contribution in [0, 0.1) is 11.8 Å². The van der Waals surface area contributed by atoms with Crippen molar-refractivity contribution in [2.75, 3.05) is 98.5 Å². The number of hydrogen-bond donors (Lipinski definition) is 0. The highest BCUT2D eigenvalue weighted by atomic mass is 16.6. The molecular formula is C46H58O16. The Morgan fingerprint density at radius 1 is 0.387 bits per heavy atom. The van der Waals surface area contributed by atoms with Crippen LogP contribution in [-0.2, 0) is 22.3 Å². The Hall–Kier alpha value is -6.58. The SMILES string of the molecule is COc1cc(C[C@H](CCCOC(=O)c2cc(OC)c(OC)c(OC)c2)[C@@H](COC(=O)c2cc(OC)c(OC)c(OC)c2)Cc2cc(OC)c(OC)c(OC)c2)cc(OC)c1OC. The van der Waals surface area contributed by atoms with Gasteiger partial charge >= 0.3 is 11.9 Å². The first-order valence-electron chi connectivity index (χ1n) is 19.5. The quantitative estimate of drug-likeness (QED) is 0.0481. The van der Waals surface area contributed by atoms with Gasteiger partial charge in [0.15, 0.2) is 46.0 Å². The molecule has 4 aromatic rings. The van der Waals surface area contributed by atoms with E-state index in [2.05, 4.69) is 0 Å². The predicted octanol–water partition coefficient (Wildman–Crippen LogP) is 7.30. The molecule has 0 saturated carbocycles. The molecule has 62 heavy (non-hydrogen) atoms. The van der Waals surface area contributed by atoms with Crippen molar-refractivity contribution in [2.45, 2.75) is 25.7 Å². The van der Waals surface area contributed by atoms with Gasteiger partial charge in [-0.25, -0.2) is 9.59 Å². The molecule has 338 valence electrons. The highest BCUT2D eigenvalue weighted by molar-refractivity contribution is 5.92. The van der Waals surface area contributed by atoms with Crippen molar-refractivity contribution < 1.29 is 75.9 Å². The lowest BCUT2D eigenvalue weighted by Gasteiger charge is -2.28. The fourth-order valence-corrected chi connectivity index (χ4v) is 7.24. The fraction of sp³-hybridized carbons (Fsp3) is 0.435. The minimum atomic E-state index is -0.607. The molecule has 0 aliphatic heterocycles. The van der Waals surface area contributed by atoms with Crippen LogP contribution in [-0.4, -0.2) is 110 Å². The normalized spacial score (nSPS) is 11.6. The lowest BCUT2D eigenvalue weighted by atomic mass is 9.80. The van der Waals surface area contributed by atoms with E-state index in [1.54, 1.807) is 28.4 Å². The first kappa shape index (κ1) is 48.1. The number of carbonyl (C=O) groups excluding carboxylic acids is 2. The van der Waals surface area contributed by atoms with Crippen LogP contribution in [0.15, 0.2) is 48.5 Å². The van der Waals surface area contributed by atoms with Crippen molar-refractivity contribution in [1.29, 1.82) is 0 Å². The Labute approximate surface area is 363 Å². The van der Waals surface area contributed by atoms with Crippen LogP contribution in [0.25, 0.3) is 0 Å². The average Bonchev–Trinajstić information content (AvgIpc) is 3.31. The van der Waals surface area contributed by atoms with Crippen molar-refractivity contribution in [2.24, 2.45) is 11.8 Å². The second-order valence-electron chi connectivity index (χ2n) is 13.7. The minimum Gasteiger partial charge on any atom is -0.493 e. The van der Waals surface area contributed by atoms with E-state index in [1.165, 1.54) is 81.1 Å². The summed E-state index contributed by atoms with van der Waals surface area (Å²) in [6, 6.07) is 13.6. The highest BCUT2D eigenvalue weighted by Gasteiger charge is 2.28. The van der Waals surface area contributed by atoms with Crippen LogP contribution in [0.5, 0.6) is 69.0 Å². The summed E-state index contributed by atoms with van der Waals surface area (Å²) >= 11 is 0. The van der Waals surface area contributed by atoms with E-state index >= 15 is 0 Å². The summed E-state index contributed by atoms with van der Waals surface area (Å²) in [4.78, 5) is 27.3. The van der Waals surface area contributed by atoms with Gasteiger partial charge in [0.05, 0.1) is 110 Å². The van der Waals surface area contributed by atoms with Gasteiger partial charge < -0.3 is 66.3 Å². The molecule has 16 nitrogen and oxygen atoms in total. The molecule has 0 aliphatic rings. The van der Waals surface area contributed by atoms with E-state index in [-0.39, 0.29) is 36.2 Å². The molecule has 0 bridgehead atoms. The Kier molecular flexibility index (Phi) is 18.2. The second-order valence-corrected chi connectivity index (χ2v) is 13.7. The Morgan fingerprint density at radius 3 is 0.984 bits per heavy atom. The third kappa shape index (κ3) is 11.4. The molecule has 0 N–H and O–H groups in total. The molecule has 0 spiro atoms. The Bertz CT molecular complexity index is 2010. The Balaban J connectivity index is 1.75. The number of carbonyl (C=O) groups is 2. The van der Waals surface area contributed by atoms with E-state index in [0.29, 0.717) is 94.7 Å². The van der Waals surface area contributed by atoms with Crippen molar-refractivity contribution in [3.8, 4) is 69.0 Å². The van der Waals surface area contributed by atoms with Gasteiger partial charge in [0, 0.05) is 5.92 Å². The maximum absolute atomic E-state index is 13.9. The van der Waals surface area contributed by atoms with Crippen LogP contribution >= 0.6 is 0 Å². The average molecular weight is 867 g/mol. The molecule has 16 heteroatoms. The van der Waals surface area contributed by atoms with Crippen LogP contribution in [0.4, 0.5) is 0 Å². The first-order valence-corrected chi connectivity index (χ1v) is 19.5. The Morgan fingerprint density at radius 2 is 0.677 bits per heavy atom. The van der Waals surface area contributed by atoms with Gasteiger partial charge in [-0.05, 0) is 91.3 Å². The van der Waals surface area contributed by atoms with Gasteiger partial charge in [0.1, 0.15) is 0 Å². The molecule has 0 amide bonds. The van der Waals surface area contributed by atoms with E-state index in [4.69, 9.17) is 66.3 Å². The molecule has 0 heterocycles. The van der Waals surface area contributed by atoms with E-state index in [9.17, 15) is 9.59 Å². The zero-order valence-corrected chi connectivity index (χ0v) is 37.5. The molecule has 0 radical (unpaired) electrons. The van der Waals surface area contributed by atoms with Crippen LogP contribution < -0.4 is 56.8 Å². The summed E-state index contributed by atoms with van der Waals surface area (Å²) in [6.07, 6.45) is 1.84. The van der Waals surface area contributed by atoms with Gasteiger partial charge in [-0.1, -0.05) is 0 Å². The largest absolute Gasteiger partial charge is 0.493 e. The molecule has 0 aromatic heterocycles. The summed E-state index contributed by atoms with van der Waals surface area (Å²) < 4.78 is 78.7. The number of esters is 2. The van der Waals surface area contributed by atoms with Gasteiger partial charge in [0.25, 0.3) is 0 Å². The maximum Gasteiger partial charge on any atom is 0.338 e. The first-order chi connectivity index (χ1) is 30.0. The number of benzene rings is 4. The molecule has 4 rings (SSSR count). The van der Waals surface area contributed by atoms with Crippen molar-refractivity contribution >= 4 is 11.9 Å². The molecule has 0 aliphatic carbocycles. The third-order valence-corrected chi connectivity index (χ3v) is 10.3. The van der Waals surface area contributed by atoms with Gasteiger partial charge in [-0.3, -0.25) is 0 Å². The zero-order valence-electron chi connectivity index (χ0n) is 37.5. The lowest BCUT2D eigenvalue weighted by molar-refractivity contribution is 0.0361. The summed E-state index contributed by atoms with van der Waals surface area (Å²) in [7, 11) is 18.1. The van der Waals surface area contributed by atoms with Gasteiger partial charge in [0.2, 0.25) is 23.0 Å². The summed E-state index contributed by atoms with van der Waals surface area (Å²) in [5.74, 6) is 2.99. The molecule has 0 saturated heterocycles. The van der Waals surface area contributed by atoms with Gasteiger partial charge in [-0.2, -0.15) is 0 Å². The van der Waals surface area contributed by atoms with Crippen LogP contribution in [0.1, 0.15) is 44.7 Å². The number of ether oxygens (including phenoxy) is 14. The molecule has 2 atom stereocenters. The van der Waals surface area contributed by atoms with E-state index in [0.717, 1.165) is 11.1 Å². The van der Waals surface area contributed by atoms with Crippen molar-refractivity contribution in [3.05, 3.63) is 70.8 Å². The van der Waals surface area contributed by atoms with Gasteiger partial charge in [-0.15, -0.1) is 0 Å². The van der Waals surface area contributed by atoms with E-state index < -0.39 is 11.9 Å². The fourth-order valence-electron chi connectivity index (χ4n) is 7.24. The molecule has 0 unspecified atom stereocenters. The lowest BCUT2D eigenvalue weighted by Crippen LogP contribution is -2.27. The number of methoxy groups -OCH3 is 12. The maximum atomic E-state index is 13.9. The standard InChI is InChI=1S/C46H58O16/c1-49-33-18-27(19-34(50-2)41(33)57-9)16-29(14-13-15-61-45(47)30-22-37(53-5)43(59-11)38(23-30)54-6)32(17-28-20-35(51-3)42(58-10)36(21-28)52-4)26-62-46(48)31-24-39(55-7)44(60-12)40(25-31)56-8/h18-25,29,32H,13-17,26H2,1-12H3/t29-,32+/m0/s1. The minimum absolute atomic E-state index is 0.0214. The summed E-state index contributed by atoms with van der Waals surface area (Å²) in [5, 5.41) is 0. The highest BCUT2D eigenvalue weighted by Crippen LogP contribution is 2.43. The predicted molar refractivity (Wildman–Crippen MR) is 229 cm³/mol. The second kappa shape index (κ2) is 23.4. The smallest absolute Gasteiger partial charge is 0.338 e. The monoisotopic (exact) mass is 866 g/mol. The van der Waals surface area contributed by atoms with Crippen molar-refractivity contribution in [3.63, 3.8) is 0 Å².